The Morgan fingerprint density at radius 3 is 2.62 bits per heavy atom. The van der Waals surface area contributed by atoms with E-state index in [9.17, 15) is 14.4 Å². The summed E-state index contributed by atoms with van der Waals surface area (Å²) in [6.45, 7) is 5.21. The average molecular weight is 399 g/mol. The molecule has 1 atom stereocenters. The van der Waals surface area contributed by atoms with E-state index in [1.165, 1.54) is 20.3 Å². The number of nitrogens with one attached hydrogen (secondary N) is 3. The molecule has 0 saturated carbocycles. The third kappa shape index (κ3) is 3.66. The molecule has 9 nitrogen and oxygen atoms in total. The van der Waals surface area contributed by atoms with Crippen LogP contribution in [0.3, 0.4) is 0 Å². The average Bonchev–Trinajstić information content (AvgIpc) is 2.70. The highest BCUT2D eigenvalue weighted by Gasteiger charge is 2.37. The smallest absolute Gasteiger partial charge is 0.337 e. The van der Waals surface area contributed by atoms with Crippen molar-refractivity contribution in [1.82, 2.24) is 9.97 Å². The lowest BCUT2D eigenvalue weighted by Crippen LogP contribution is -2.35. The zero-order valence-corrected chi connectivity index (χ0v) is 16.3. The molecule has 1 aliphatic heterocycles. The maximum atomic E-state index is 12.9. The predicted molar refractivity (Wildman–Crippen MR) is 107 cm³/mol. The van der Waals surface area contributed by atoms with Gasteiger partial charge in [-0.05, 0) is 25.1 Å². The Labute approximate surface area is 166 Å². The van der Waals surface area contributed by atoms with Gasteiger partial charge in [0.2, 0.25) is 0 Å². The molecule has 0 bridgehead atoms. The van der Waals surface area contributed by atoms with Gasteiger partial charge in [-0.2, -0.15) is 0 Å². The molecule has 2 aromatic rings. The molecule has 9 heteroatoms. The van der Waals surface area contributed by atoms with Gasteiger partial charge in [0, 0.05) is 11.3 Å². The van der Waals surface area contributed by atoms with Gasteiger partial charge in [-0.1, -0.05) is 12.7 Å². The summed E-state index contributed by atoms with van der Waals surface area (Å²) in [5.74, 6) is -0.337. The Bertz CT molecular complexity index is 1110. The SMILES string of the molecule is C=CCOC(=O)C1=C(C)Nc2[nH]c(=O)[nH]c(=O)c2[C@@H]1c1cc(OC)ccc1OC. The van der Waals surface area contributed by atoms with Gasteiger partial charge < -0.3 is 19.5 Å². The van der Waals surface area contributed by atoms with Gasteiger partial charge >= 0.3 is 11.7 Å². The largest absolute Gasteiger partial charge is 0.497 e. The molecular weight excluding hydrogens is 378 g/mol. The van der Waals surface area contributed by atoms with Crippen LogP contribution in [-0.4, -0.2) is 36.8 Å². The molecule has 0 spiro atoms. The molecule has 0 radical (unpaired) electrons. The Hall–Kier alpha value is -3.75. The molecule has 29 heavy (non-hydrogen) atoms. The van der Waals surface area contributed by atoms with Crippen molar-refractivity contribution in [2.75, 3.05) is 26.1 Å². The number of aromatic amines is 2. The first-order valence-electron chi connectivity index (χ1n) is 8.75. The number of carbonyl (C=O) groups excluding carboxylic acids is 1. The van der Waals surface area contributed by atoms with Crippen LogP contribution in [0.15, 0.2) is 51.7 Å². The lowest BCUT2D eigenvalue weighted by molar-refractivity contribution is -0.138. The number of hydrogen-bond donors (Lipinski definition) is 3. The molecule has 3 rings (SSSR count). The van der Waals surface area contributed by atoms with E-state index in [2.05, 4.69) is 21.9 Å². The van der Waals surface area contributed by atoms with E-state index in [-0.39, 0.29) is 23.6 Å². The van der Waals surface area contributed by atoms with E-state index in [4.69, 9.17) is 14.2 Å². The molecule has 0 saturated heterocycles. The normalized spacial score (nSPS) is 15.2. The van der Waals surface area contributed by atoms with E-state index in [1.54, 1.807) is 25.1 Å². The topological polar surface area (TPSA) is 123 Å². The third-order valence-corrected chi connectivity index (χ3v) is 4.57. The van der Waals surface area contributed by atoms with Crippen molar-refractivity contribution >= 4 is 11.8 Å². The number of fused-ring (bicyclic) bond motifs is 1. The minimum absolute atomic E-state index is 0.00637. The molecule has 0 unspecified atom stereocenters. The summed E-state index contributed by atoms with van der Waals surface area (Å²) in [5, 5.41) is 2.92. The van der Waals surface area contributed by atoms with Crippen LogP contribution < -0.4 is 26.0 Å². The first kappa shape index (κ1) is 20.0. The van der Waals surface area contributed by atoms with Crippen LogP contribution in [0.5, 0.6) is 11.5 Å². The van der Waals surface area contributed by atoms with Crippen LogP contribution in [0.2, 0.25) is 0 Å². The monoisotopic (exact) mass is 399 g/mol. The van der Waals surface area contributed by atoms with Gasteiger partial charge in [0.25, 0.3) is 5.56 Å². The second-order valence-corrected chi connectivity index (χ2v) is 6.29. The highest BCUT2D eigenvalue weighted by Crippen LogP contribution is 2.43. The highest BCUT2D eigenvalue weighted by molar-refractivity contribution is 5.94. The number of ether oxygens (including phenoxy) is 3. The molecule has 2 heterocycles. The van der Waals surface area contributed by atoms with E-state index >= 15 is 0 Å². The first-order valence-corrected chi connectivity index (χ1v) is 8.75. The number of aromatic nitrogens is 2. The zero-order valence-electron chi connectivity index (χ0n) is 16.3. The zero-order chi connectivity index (χ0) is 21.1. The molecule has 1 aliphatic rings. The van der Waals surface area contributed by atoms with Gasteiger partial charge in [0.05, 0.1) is 31.3 Å². The Morgan fingerprint density at radius 2 is 1.97 bits per heavy atom. The molecule has 0 amide bonds. The van der Waals surface area contributed by atoms with Crippen LogP contribution in [0.4, 0.5) is 5.82 Å². The van der Waals surface area contributed by atoms with Crippen molar-refractivity contribution in [2.24, 2.45) is 0 Å². The van der Waals surface area contributed by atoms with Crippen molar-refractivity contribution in [3.8, 4) is 11.5 Å². The lowest BCUT2D eigenvalue weighted by Gasteiger charge is -2.29. The summed E-state index contributed by atoms with van der Waals surface area (Å²) in [6, 6.07) is 5.06. The quantitative estimate of drug-likeness (QED) is 0.498. The highest BCUT2D eigenvalue weighted by atomic mass is 16.5. The van der Waals surface area contributed by atoms with Gasteiger partial charge in [0.15, 0.2) is 0 Å². The number of hydrogen-bond acceptors (Lipinski definition) is 7. The number of H-pyrrole nitrogens is 2. The maximum Gasteiger partial charge on any atom is 0.337 e. The van der Waals surface area contributed by atoms with Crippen LogP contribution >= 0.6 is 0 Å². The fourth-order valence-electron chi connectivity index (χ4n) is 3.35. The number of allylic oxidation sites excluding steroid dienone is 1. The minimum Gasteiger partial charge on any atom is -0.497 e. The van der Waals surface area contributed by atoms with Crippen LogP contribution in [-0.2, 0) is 9.53 Å². The van der Waals surface area contributed by atoms with Crippen molar-refractivity contribution < 1.29 is 19.0 Å². The molecule has 0 aliphatic carbocycles. The lowest BCUT2D eigenvalue weighted by atomic mass is 9.81. The molecular formula is C20H21N3O6. The summed E-state index contributed by atoms with van der Waals surface area (Å²) >= 11 is 0. The summed E-state index contributed by atoms with van der Waals surface area (Å²) in [5.41, 5.74) is 0.0197. The van der Waals surface area contributed by atoms with E-state index < -0.39 is 23.1 Å². The molecule has 1 aromatic heterocycles. The number of carbonyl (C=O) groups is 1. The summed E-state index contributed by atoms with van der Waals surface area (Å²) in [4.78, 5) is 42.2. The standard InChI is InChI=1S/C20H21N3O6/c1-5-8-29-19(25)14-10(2)21-17-16(18(24)23-20(26)22-17)15(14)12-9-11(27-3)6-7-13(12)28-4/h5-7,9,15H,1,8H2,2-4H3,(H3,21,22,23,24,26)/t15-/m1/s1. The molecule has 1 aromatic carbocycles. The Kier molecular flexibility index (Phi) is 5.58. The minimum atomic E-state index is -0.866. The van der Waals surface area contributed by atoms with Gasteiger partial charge in [-0.15, -0.1) is 0 Å². The van der Waals surface area contributed by atoms with E-state index in [0.29, 0.717) is 22.8 Å². The van der Waals surface area contributed by atoms with Gasteiger partial charge in [0.1, 0.15) is 23.9 Å². The second kappa shape index (κ2) is 8.09. The van der Waals surface area contributed by atoms with Crippen molar-refractivity contribution in [2.45, 2.75) is 12.8 Å². The first-order chi connectivity index (χ1) is 13.9. The van der Waals surface area contributed by atoms with Gasteiger partial charge in [-0.25, -0.2) is 9.59 Å². The summed E-state index contributed by atoms with van der Waals surface area (Å²) < 4.78 is 16.0. The van der Waals surface area contributed by atoms with Crippen molar-refractivity contribution in [3.05, 3.63) is 74.1 Å². The summed E-state index contributed by atoms with van der Waals surface area (Å²) in [6.07, 6.45) is 1.45. The predicted octanol–water partition coefficient (Wildman–Crippen LogP) is 1.64. The summed E-state index contributed by atoms with van der Waals surface area (Å²) in [7, 11) is 2.99. The van der Waals surface area contributed by atoms with E-state index in [1.807, 2.05) is 0 Å². The van der Waals surface area contributed by atoms with E-state index in [0.717, 1.165) is 0 Å². The number of anilines is 1. The maximum absolute atomic E-state index is 12.9. The molecule has 152 valence electrons. The van der Waals surface area contributed by atoms with Gasteiger partial charge in [-0.3, -0.25) is 14.8 Å². The number of esters is 1. The number of methoxy groups -OCH3 is 2. The Morgan fingerprint density at radius 1 is 1.21 bits per heavy atom. The molecule has 0 fully saturated rings. The van der Waals surface area contributed by atoms with Crippen molar-refractivity contribution in [1.29, 1.82) is 0 Å². The molecule has 3 N–H and O–H groups in total. The second-order valence-electron chi connectivity index (χ2n) is 6.29. The Balaban J connectivity index is 2.32. The van der Waals surface area contributed by atoms with Crippen LogP contribution in [0.25, 0.3) is 0 Å². The fourth-order valence-corrected chi connectivity index (χ4v) is 3.35. The van der Waals surface area contributed by atoms with Crippen molar-refractivity contribution in [3.63, 3.8) is 0 Å². The van der Waals surface area contributed by atoms with Crippen LogP contribution in [0, 0.1) is 0 Å². The number of benzene rings is 1. The number of rotatable bonds is 6. The third-order valence-electron chi connectivity index (χ3n) is 4.57. The van der Waals surface area contributed by atoms with Crippen LogP contribution in [0.1, 0.15) is 24.0 Å². The fraction of sp³-hybridized carbons (Fsp3) is 0.250.